The third kappa shape index (κ3) is 16.1. The molecule has 0 heterocycles. The van der Waals surface area contributed by atoms with Gasteiger partial charge in [0.15, 0.2) is 0 Å². The molecule has 0 saturated carbocycles. The van der Waals surface area contributed by atoms with Gasteiger partial charge >= 0.3 is 0 Å². The van der Waals surface area contributed by atoms with Crippen LogP contribution in [0, 0.1) is 0 Å². The minimum Gasteiger partial charge on any atom is -0.330 e. The maximum atomic E-state index is 6.69. The van der Waals surface area contributed by atoms with Crippen LogP contribution in [0.3, 0.4) is 0 Å². The smallest absolute Gasteiger partial charge is 0.0391 e. The molecule has 0 fully saturated rings. The molecule has 2 nitrogen and oxygen atoms in total. The second-order valence-corrected chi connectivity index (χ2v) is 1.07. The Labute approximate surface area is 67.2 Å². The lowest BCUT2D eigenvalue weighted by Gasteiger charge is -1.90. The molecule has 54 valence electrons. The van der Waals surface area contributed by atoms with Crippen LogP contribution in [-0.4, -0.2) is 20.1 Å². The summed E-state index contributed by atoms with van der Waals surface area (Å²) in [7, 11) is 0. The van der Waals surface area contributed by atoms with Crippen LogP contribution < -0.4 is 11.1 Å². The van der Waals surface area contributed by atoms with E-state index in [9.17, 15) is 0 Å². The van der Waals surface area contributed by atoms with Crippen molar-refractivity contribution in [3.63, 3.8) is 0 Å². The van der Waals surface area contributed by atoms with Gasteiger partial charge in [0.05, 0.1) is 0 Å². The van der Waals surface area contributed by atoms with E-state index in [0.29, 0.717) is 19.5 Å². The van der Waals surface area contributed by atoms with Crippen LogP contribution in [0.5, 0.6) is 0 Å². The quantitative estimate of drug-likeness (QED) is 0.592. The predicted molar refractivity (Wildman–Crippen MR) is 42.1 cm³/mol. The minimum atomic E-state index is -2.00. The third-order valence-electron chi connectivity index (χ3n) is 0.506. The van der Waals surface area contributed by atoms with Gasteiger partial charge in [0.25, 0.3) is 0 Å². The Bertz CT molecular complexity index is 78.2. The highest BCUT2D eigenvalue weighted by Gasteiger charge is 1.73. The molecule has 0 amide bonds. The van der Waals surface area contributed by atoms with E-state index in [1.807, 2.05) is 0 Å². The molecule has 0 spiro atoms. The molecular weight excluding hydrogens is 147 g/mol. The average molecular weight is 164 g/mol. The lowest BCUT2D eigenvalue weighted by molar-refractivity contribution is 0.733. The highest BCUT2D eigenvalue weighted by molar-refractivity contribution is 5.85. The zero-order valence-corrected chi connectivity index (χ0v) is 6.15. The Balaban J connectivity index is -0.000000320. The molecule has 3 N–H and O–H groups in total. The maximum Gasteiger partial charge on any atom is 0.0391 e. The van der Waals surface area contributed by atoms with Crippen LogP contribution in [0.1, 0.15) is 10.5 Å². The number of hydrogen-bond acceptors (Lipinski definition) is 2. The fourth-order valence-electron chi connectivity index (χ4n) is 0.190. The Hall–Kier alpha value is 0.500. The third-order valence-corrected chi connectivity index (χ3v) is 0.506. The van der Waals surface area contributed by atoms with Crippen molar-refractivity contribution in [1.29, 1.82) is 0 Å². The number of halogens is 2. The van der Waals surface area contributed by atoms with Crippen LogP contribution in [0.4, 0.5) is 0 Å². The SMILES string of the molecule is Cl.Cl.[2H]C([2H])([2H])NCCCN. The standard InChI is InChI=1S/C4H12N2.2ClH/c1-6-4-2-3-5;;/h6H,2-5H2,1H3;2*1H/i1D3;;. The summed E-state index contributed by atoms with van der Waals surface area (Å²) in [6.45, 7) is -1.01. The van der Waals surface area contributed by atoms with Crippen molar-refractivity contribution in [3.05, 3.63) is 0 Å². The van der Waals surface area contributed by atoms with Crippen molar-refractivity contribution in [2.45, 2.75) is 6.42 Å². The fourth-order valence-corrected chi connectivity index (χ4v) is 0.190. The summed E-state index contributed by atoms with van der Waals surface area (Å²) >= 11 is 0. The van der Waals surface area contributed by atoms with Gasteiger partial charge in [0.1, 0.15) is 0 Å². The summed E-state index contributed by atoms with van der Waals surface area (Å²) < 4.78 is 20.1. The summed E-state index contributed by atoms with van der Waals surface area (Å²) in [5, 5.41) is 2.34. The van der Waals surface area contributed by atoms with E-state index in [1.165, 1.54) is 0 Å². The monoisotopic (exact) mass is 163 g/mol. The Morgan fingerprint density at radius 1 is 1.62 bits per heavy atom. The first-order chi connectivity index (χ1) is 4.06. The van der Waals surface area contributed by atoms with Gasteiger partial charge in [-0.2, -0.15) is 0 Å². The van der Waals surface area contributed by atoms with E-state index in [1.54, 1.807) is 0 Å². The number of hydrogen-bond donors (Lipinski definition) is 2. The normalized spacial score (nSPS) is 13.9. The van der Waals surface area contributed by atoms with Crippen molar-refractivity contribution >= 4 is 24.8 Å². The van der Waals surface area contributed by atoms with Gasteiger partial charge in [-0.3, -0.25) is 0 Å². The van der Waals surface area contributed by atoms with Gasteiger partial charge in [-0.25, -0.2) is 0 Å². The molecule has 0 rings (SSSR count). The van der Waals surface area contributed by atoms with Crippen molar-refractivity contribution in [2.75, 3.05) is 20.1 Å². The molecule has 0 atom stereocenters. The molecule has 0 aromatic carbocycles. The van der Waals surface area contributed by atoms with Crippen molar-refractivity contribution < 1.29 is 4.11 Å². The summed E-state index contributed by atoms with van der Waals surface area (Å²) in [5.41, 5.74) is 5.13. The topological polar surface area (TPSA) is 38.0 Å². The van der Waals surface area contributed by atoms with E-state index in [0.717, 1.165) is 0 Å². The Kier molecular flexibility index (Phi) is 12.9. The fraction of sp³-hybridized carbons (Fsp3) is 1.00. The molecule has 0 unspecified atom stereocenters. The summed E-state index contributed by atoms with van der Waals surface area (Å²) in [6.07, 6.45) is 0.707. The van der Waals surface area contributed by atoms with Crippen LogP contribution in [-0.2, 0) is 0 Å². The molecular formula is C4H14Cl2N2. The number of nitrogens with one attached hydrogen (secondary N) is 1. The second-order valence-electron chi connectivity index (χ2n) is 1.07. The maximum absolute atomic E-state index is 6.69. The second kappa shape index (κ2) is 15.6. The molecule has 0 aromatic rings. The van der Waals surface area contributed by atoms with Crippen LogP contribution in [0.25, 0.3) is 0 Å². The molecule has 0 aliphatic rings. The molecule has 0 aliphatic heterocycles. The van der Waals surface area contributed by atoms with Crippen LogP contribution in [0.15, 0.2) is 0 Å². The highest BCUT2D eigenvalue weighted by atomic mass is 35.5. The molecule has 0 bridgehead atoms. The molecule has 4 heteroatoms. The van der Waals surface area contributed by atoms with Crippen LogP contribution in [0.2, 0.25) is 0 Å². The average Bonchev–Trinajstić information content (AvgIpc) is 1.63. The van der Waals surface area contributed by atoms with Gasteiger partial charge in [-0.15, -0.1) is 24.8 Å². The lowest BCUT2D eigenvalue weighted by atomic mass is 10.4. The first-order valence-corrected chi connectivity index (χ1v) is 2.01. The molecule has 0 radical (unpaired) electrons. The first-order valence-electron chi connectivity index (χ1n) is 3.51. The Morgan fingerprint density at radius 2 is 2.25 bits per heavy atom. The number of nitrogens with two attached hydrogens (primary N) is 1. The van der Waals surface area contributed by atoms with E-state index in [-0.39, 0.29) is 24.8 Å². The van der Waals surface area contributed by atoms with Gasteiger partial charge in [0.2, 0.25) is 0 Å². The molecule has 0 aliphatic carbocycles. The summed E-state index contributed by atoms with van der Waals surface area (Å²) in [4.78, 5) is 0. The van der Waals surface area contributed by atoms with Crippen molar-refractivity contribution in [1.82, 2.24) is 5.32 Å². The van der Waals surface area contributed by atoms with Gasteiger partial charge in [0, 0.05) is 4.11 Å². The van der Waals surface area contributed by atoms with E-state index >= 15 is 0 Å². The van der Waals surface area contributed by atoms with Gasteiger partial charge in [-0.1, -0.05) is 0 Å². The predicted octanol–water partition coefficient (Wildman–Crippen LogP) is 0.398. The Morgan fingerprint density at radius 3 is 2.62 bits per heavy atom. The molecule has 8 heavy (non-hydrogen) atoms. The number of rotatable bonds is 3. The summed E-state index contributed by atoms with van der Waals surface area (Å²) in [5.74, 6) is 0. The first kappa shape index (κ1) is 6.62. The largest absolute Gasteiger partial charge is 0.330 e. The lowest BCUT2D eigenvalue weighted by Crippen LogP contribution is -2.12. The summed E-state index contributed by atoms with van der Waals surface area (Å²) in [6, 6.07) is 0. The molecule has 0 saturated heterocycles. The zero-order chi connectivity index (χ0) is 7.33. The van der Waals surface area contributed by atoms with Crippen molar-refractivity contribution in [3.8, 4) is 0 Å². The molecule has 0 aromatic heterocycles. The van der Waals surface area contributed by atoms with Crippen LogP contribution >= 0.6 is 24.8 Å². The van der Waals surface area contributed by atoms with E-state index in [2.05, 4.69) is 5.32 Å². The van der Waals surface area contributed by atoms with E-state index in [4.69, 9.17) is 9.85 Å². The zero-order valence-electron chi connectivity index (χ0n) is 7.52. The minimum absolute atomic E-state index is 0. The highest BCUT2D eigenvalue weighted by Crippen LogP contribution is 1.63. The van der Waals surface area contributed by atoms with Crippen molar-refractivity contribution in [2.24, 2.45) is 5.73 Å². The van der Waals surface area contributed by atoms with E-state index < -0.39 is 6.98 Å². The van der Waals surface area contributed by atoms with Gasteiger partial charge in [-0.05, 0) is 26.5 Å². The van der Waals surface area contributed by atoms with Gasteiger partial charge < -0.3 is 11.1 Å².